The third-order valence-electron chi connectivity index (χ3n) is 3.61. The SMILES string of the molecule is O=c1[nH]c2cc(O)ccc2c2oc3cc([N+](=O)[O-])ccc3c12. The number of aromatic amines is 1. The number of aromatic hydroxyl groups is 1. The van der Waals surface area contributed by atoms with E-state index in [0.717, 1.165) is 0 Å². The van der Waals surface area contributed by atoms with Gasteiger partial charge in [-0.3, -0.25) is 14.9 Å². The van der Waals surface area contributed by atoms with Gasteiger partial charge in [-0.25, -0.2) is 0 Å². The number of fused-ring (bicyclic) bond motifs is 5. The van der Waals surface area contributed by atoms with Gasteiger partial charge in [0.25, 0.3) is 11.2 Å². The lowest BCUT2D eigenvalue weighted by molar-refractivity contribution is -0.384. The van der Waals surface area contributed by atoms with Crippen molar-refractivity contribution < 1.29 is 14.4 Å². The van der Waals surface area contributed by atoms with Crippen molar-refractivity contribution in [1.82, 2.24) is 4.98 Å². The summed E-state index contributed by atoms with van der Waals surface area (Å²) >= 11 is 0. The van der Waals surface area contributed by atoms with E-state index in [2.05, 4.69) is 4.98 Å². The maximum atomic E-state index is 12.3. The van der Waals surface area contributed by atoms with Gasteiger partial charge in [0, 0.05) is 22.9 Å². The van der Waals surface area contributed by atoms with E-state index in [1.165, 1.54) is 30.3 Å². The van der Waals surface area contributed by atoms with Crippen LogP contribution in [0.25, 0.3) is 32.8 Å². The predicted octanol–water partition coefficient (Wildman–Crippen LogP) is 3.04. The van der Waals surface area contributed by atoms with Crippen LogP contribution in [0.2, 0.25) is 0 Å². The second-order valence-electron chi connectivity index (χ2n) is 4.93. The fraction of sp³-hybridized carbons (Fsp3) is 0. The first kappa shape index (κ1) is 12.4. The van der Waals surface area contributed by atoms with Gasteiger partial charge >= 0.3 is 0 Å². The van der Waals surface area contributed by atoms with Crippen LogP contribution in [0.1, 0.15) is 0 Å². The number of furan rings is 1. The molecule has 0 fully saturated rings. The van der Waals surface area contributed by atoms with Gasteiger partial charge in [-0.1, -0.05) is 0 Å². The highest BCUT2D eigenvalue weighted by atomic mass is 16.6. The molecule has 0 unspecified atom stereocenters. The molecule has 0 aliphatic carbocycles. The van der Waals surface area contributed by atoms with Crippen molar-refractivity contribution in [3.63, 3.8) is 0 Å². The number of benzene rings is 2. The number of rotatable bonds is 1. The Balaban J connectivity index is 2.22. The van der Waals surface area contributed by atoms with Crippen LogP contribution in [0.3, 0.4) is 0 Å². The van der Waals surface area contributed by atoms with Crippen LogP contribution >= 0.6 is 0 Å². The molecule has 0 spiro atoms. The zero-order valence-electron chi connectivity index (χ0n) is 11.0. The Morgan fingerprint density at radius 1 is 1.14 bits per heavy atom. The summed E-state index contributed by atoms with van der Waals surface area (Å²) in [4.78, 5) is 25.3. The molecule has 2 aromatic carbocycles. The van der Waals surface area contributed by atoms with Crippen molar-refractivity contribution in [3.8, 4) is 5.75 Å². The Bertz CT molecular complexity index is 1140. The normalized spacial score (nSPS) is 11.5. The Hall–Kier alpha value is -3.35. The molecule has 4 rings (SSSR count). The number of nitro groups is 1. The molecule has 0 bridgehead atoms. The van der Waals surface area contributed by atoms with Gasteiger partial charge in [-0.15, -0.1) is 0 Å². The van der Waals surface area contributed by atoms with Crippen LogP contribution in [0.15, 0.2) is 45.6 Å². The van der Waals surface area contributed by atoms with Crippen LogP contribution in [0.5, 0.6) is 5.75 Å². The van der Waals surface area contributed by atoms with E-state index < -0.39 is 4.92 Å². The number of H-pyrrole nitrogens is 1. The van der Waals surface area contributed by atoms with E-state index in [0.29, 0.717) is 27.3 Å². The molecule has 0 radical (unpaired) electrons. The predicted molar refractivity (Wildman–Crippen MR) is 80.2 cm³/mol. The summed E-state index contributed by atoms with van der Waals surface area (Å²) in [5.74, 6) is 0.0225. The maximum absolute atomic E-state index is 12.3. The van der Waals surface area contributed by atoms with Crippen molar-refractivity contribution in [2.45, 2.75) is 0 Å². The third kappa shape index (κ3) is 1.59. The topological polar surface area (TPSA) is 109 Å². The van der Waals surface area contributed by atoms with E-state index >= 15 is 0 Å². The molecule has 4 aromatic rings. The molecule has 22 heavy (non-hydrogen) atoms. The Kier molecular flexibility index (Phi) is 2.30. The highest BCUT2D eigenvalue weighted by molar-refractivity contribution is 6.13. The minimum absolute atomic E-state index is 0.0225. The number of pyridine rings is 1. The Labute approximate surface area is 121 Å². The number of hydrogen-bond acceptors (Lipinski definition) is 5. The number of nitrogens with zero attached hydrogens (tertiary/aromatic N) is 1. The molecule has 0 saturated carbocycles. The van der Waals surface area contributed by atoms with Crippen LogP contribution in [0.4, 0.5) is 5.69 Å². The van der Waals surface area contributed by atoms with E-state index in [1.54, 1.807) is 6.07 Å². The quantitative estimate of drug-likeness (QED) is 0.414. The molecule has 7 nitrogen and oxygen atoms in total. The lowest BCUT2D eigenvalue weighted by Crippen LogP contribution is -2.05. The fourth-order valence-corrected chi connectivity index (χ4v) is 2.63. The zero-order valence-corrected chi connectivity index (χ0v) is 11.0. The van der Waals surface area contributed by atoms with Crippen molar-refractivity contribution >= 4 is 38.5 Å². The Morgan fingerprint density at radius 3 is 2.68 bits per heavy atom. The molecule has 7 heteroatoms. The third-order valence-corrected chi connectivity index (χ3v) is 3.61. The highest BCUT2D eigenvalue weighted by Gasteiger charge is 2.17. The minimum atomic E-state index is -0.521. The van der Waals surface area contributed by atoms with Gasteiger partial charge in [0.1, 0.15) is 16.9 Å². The molecule has 2 N–H and O–H groups in total. The van der Waals surface area contributed by atoms with Crippen LogP contribution in [-0.2, 0) is 0 Å². The first-order valence-electron chi connectivity index (χ1n) is 6.40. The average Bonchev–Trinajstić information content (AvgIpc) is 2.85. The molecule has 0 aliphatic heterocycles. The number of hydrogen-bond donors (Lipinski definition) is 2. The lowest BCUT2D eigenvalue weighted by Gasteiger charge is -1.99. The standard InChI is InChI=1S/C15H8N2O5/c18-8-2-4-9-11(6-8)16-15(19)13-10-3-1-7(17(20)21)5-12(10)22-14(9)13/h1-6,18H,(H,16,19). The molecule has 0 atom stereocenters. The molecular formula is C15H8N2O5. The lowest BCUT2D eigenvalue weighted by atomic mass is 10.1. The average molecular weight is 296 g/mol. The van der Waals surface area contributed by atoms with Gasteiger partial charge in [0.15, 0.2) is 0 Å². The van der Waals surface area contributed by atoms with E-state index in [-0.39, 0.29) is 22.6 Å². The zero-order chi connectivity index (χ0) is 15.4. The van der Waals surface area contributed by atoms with Crippen LogP contribution < -0.4 is 5.56 Å². The first-order valence-corrected chi connectivity index (χ1v) is 6.40. The number of aromatic nitrogens is 1. The number of phenolic OH excluding ortho intramolecular Hbond substituents is 1. The summed E-state index contributed by atoms with van der Waals surface area (Å²) in [6, 6.07) is 8.65. The highest BCUT2D eigenvalue weighted by Crippen LogP contribution is 2.33. The van der Waals surface area contributed by atoms with Crippen LogP contribution in [0, 0.1) is 10.1 Å². The molecular weight excluding hydrogens is 288 g/mol. The van der Waals surface area contributed by atoms with Crippen molar-refractivity contribution in [2.75, 3.05) is 0 Å². The maximum Gasteiger partial charge on any atom is 0.273 e. The van der Waals surface area contributed by atoms with E-state index in [9.17, 15) is 20.0 Å². The second-order valence-corrected chi connectivity index (χ2v) is 4.93. The summed E-state index contributed by atoms with van der Waals surface area (Å²) in [5, 5.41) is 21.8. The monoisotopic (exact) mass is 296 g/mol. The minimum Gasteiger partial charge on any atom is -0.508 e. The van der Waals surface area contributed by atoms with E-state index in [4.69, 9.17) is 4.42 Å². The first-order chi connectivity index (χ1) is 10.5. The smallest absolute Gasteiger partial charge is 0.273 e. The Morgan fingerprint density at radius 2 is 1.91 bits per heavy atom. The van der Waals surface area contributed by atoms with E-state index in [1.807, 2.05) is 0 Å². The summed E-state index contributed by atoms with van der Waals surface area (Å²) in [6.07, 6.45) is 0. The molecule has 0 saturated heterocycles. The van der Waals surface area contributed by atoms with Gasteiger partial charge in [0.05, 0.1) is 21.9 Å². The summed E-state index contributed by atoms with van der Waals surface area (Å²) in [7, 11) is 0. The van der Waals surface area contributed by atoms with Gasteiger partial charge < -0.3 is 14.5 Å². The number of non-ortho nitro benzene ring substituents is 1. The number of nitrogens with one attached hydrogen (secondary N) is 1. The molecule has 0 aliphatic rings. The van der Waals surface area contributed by atoms with Crippen LogP contribution in [-0.4, -0.2) is 15.0 Å². The molecule has 108 valence electrons. The number of nitro benzene ring substituents is 1. The van der Waals surface area contributed by atoms with Crippen molar-refractivity contribution in [2.24, 2.45) is 0 Å². The molecule has 2 aromatic heterocycles. The van der Waals surface area contributed by atoms with Gasteiger partial charge in [0.2, 0.25) is 0 Å². The summed E-state index contributed by atoms with van der Waals surface area (Å²) < 4.78 is 5.67. The van der Waals surface area contributed by atoms with Crippen molar-refractivity contribution in [3.05, 3.63) is 56.9 Å². The van der Waals surface area contributed by atoms with Crippen molar-refractivity contribution in [1.29, 1.82) is 0 Å². The summed E-state index contributed by atoms with van der Waals surface area (Å²) in [6.45, 7) is 0. The molecule has 0 amide bonds. The summed E-state index contributed by atoms with van der Waals surface area (Å²) in [5.41, 5.74) is 0.571. The van der Waals surface area contributed by atoms with Gasteiger partial charge in [-0.2, -0.15) is 0 Å². The second kappa shape index (κ2) is 4.08. The largest absolute Gasteiger partial charge is 0.508 e. The fourth-order valence-electron chi connectivity index (χ4n) is 2.63. The number of phenols is 1. The molecule has 2 heterocycles. The van der Waals surface area contributed by atoms with Gasteiger partial charge in [-0.05, 0) is 18.2 Å².